The molecule has 0 saturated heterocycles. The van der Waals surface area contributed by atoms with Gasteiger partial charge in [0.05, 0.1) is 11.9 Å². The van der Waals surface area contributed by atoms with Gasteiger partial charge in [0.25, 0.3) is 5.91 Å². The Bertz CT molecular complexity index is 985. The van der Waals surface area contributed by atoms with E-state index in [4.69, 9.17) is 0 Å². The fraction of sp³-hybridized carbons (Fsp3) is 0.0556. The molecule has 0 fully saturated rings. The number of imidazole rings is 1. The van der Waals surface area contributed by atoms with Crippen LogP contribution in [0.25, 0.3) is 16.2 Å². The summed E-state index contributed by atoms with van der Waals surface area (Å²) < 4.78 is 36.8. The van der Waals surface area contributed by atoms with E-state index in [0.717, 1.165) is 21.5 Å². The highest BCUT2D eigenvalue weighted by molar-refractivity contribution is 7.14. The summed E-state index contributed by atoms with van der Waals surface area (Å²) in [5.74, 6) is -1.15. The Morgan fingerprint density at radius 1 is 1.00 bits per heavy atom. The maximum atomic E-state index is 11.7. The Morgan fingerprint density at radius 2 is 1.63 bits per heavy atom. The lowest BCUT2D eigenvalue weighted by atomic mass is 10.2. The maximum absolute atomic E-state index is 11.7. The summed E-state index contributed by atoms with van der Waals surface area (Å²) in [6.45, 7) is 0. The van der Waals surface area contributed by atoms with Gasteiger partial charge in [-0.15, -0.1) is 0 Å². The number of nitrogens with one attached hydrogen (secondary N) is 1. The Kier molecular flexibility index (Phi) is 5.51. The van der Waals surface area contributed by atoms with Crippen molar-refractivity contribution < 1.29 is 18.0 Å². The van der Waals surface area contributed by atoms with E-state index in [1.165, 1.54) is 24.3 Å². The number of rotatable bonds is 2. The molecule has 0 bridgehead atoms. The lowest BCUT2D eigenvalue weighted by Crippen LogP contribution is -2.37. The zero-order chi connectivity index (χ0) is 19.3. The van der Waals surface area contributed by atoms with Gasteiger partial charge in [0.15, 0.2) is 0 Å². The average molecular weight is 390 g/mol. The fourth-order valence-electron chi connectivity index (χ4n) is 2.18. The minimum Gasteiger partial charge on any atom is -0.269 e. The molecule has 0 saturated carbocycles. The standard InChI is InChI=1S/C10H7N3S.C8H6F3NO/c1-2-4-8(5-3-1)9-6-13-10(12-9)14-7-11-13;9-8(10,11)12-7(13)6-4-2-1-3-5-6/h1-7H;1-5H,(H,12,13). The van der Waals surface area contributed by atoms with Crippen LogP contribution in [0.4, 0.5) is 13.2 Å². The van der Waals surface area contributed by atoms with Crippen molar-refractivity contribution in [3.8, 4) is 11.3 Å². The third-order valence-electron chi connectivity index (χ3n) is 3.35. The number of nitrogens with zero attached hydrogens (tertiary/aromatic N) is 3. The molecule has 2 heterocycles. The number of hydrogen-bond donors (Lipinski definition) is 1. The van der Waals surface area contributed by atoms with Gasteiger partial charge < -0.3 is 0 Å². The van der Waals surface area contributed by atoms with Crippen LogP contribution in [0.2, 0.25) is 0 Å². The van der Waals surface area contributed by atoms with Gasteiger partial charge >= 0.3 is 6.30 Å². The van der Waals surface area contributed by atoms with E-state index in [9.17, 15) is 18.0 Å². The molecule has 0 aliphatic carbocycles. The van der Waals surface area contributed by atoms with Crippen LogP contribution in [0.15, 0.2) is 72.4 Å². The summed E-state index contributed by atoms with van der Waals surface area (Å²) in [6, 6.07) is 17.3. The van der Waals surface area contributed by atoms with Crippen molar-refractivity contribution in [3.63, 3.8) is 0 Å². The number of fused-ring (bicyclic) bond motifs is 1. The van der Waals surface area contributed by atoms with Crippen LogP contribution in [-0.2, 0) is 0 Å². The monoisotopic (exact) mass is 390 g/mol. The first-order valence-electron chi connectivity index (χ1n) is 7.71. The quantitative estimate of drug-likeness (QED) is 0.517. The van der Waals surface area contributed by atoms with Crippen molar-refractivity contribution >= 4 is 22.2 Å². The number of carbonyl (C=O) groups is 1. The van der Waals surface area contributed by atoms with Gasteiger partial charge in [-0.3, -0.25) is 10.1 Å². The lowest BCUT2D eigenvalue weighted by molar-refractivity contribution is -0.146. The molecule has 0 radical (unpaired) electrons. The molecule has 0 aliphatic heterocycles. The Morgan fingerprint density at radius 3 is 2.22 bits per heavy atom. The first kappa shape index (κ1) is 18.6. The smallest absolute Gasteiger partial charge is 0.269 e. The maximum Gasteiger partial charge on any atom is 0.484 e. The number of alkyl halides is 3. The van der Waals surface area contributed by atoms with Crippen molar-refractivity contribution in [2.45, 2.75) is 6.30 Å². The SMILES string of the molecule is O=C(NC(F)(F)F)c1ccccc1.c1ccc(-c2cn3ncsc3n2)cc1. The van der Waals surface area contributed by atoms with Crippen molar-refractivity contribution in [3.05, 3.63) is 77.9 Å². The number of benzene rings is 2. The molecule has 2 aromatic carbocycles. The highest BCUT2D eigenvalue weighted by atomic mass is 32.1. The Labute approximate surface area is 156 Å². The highest BCUT2D eigenvalue weighted by Gasteiger charge is 2.30. The molecular formula is C18H13F3N4OS. The Hall–Kier alpha value is -3.20. The molecule has 0 unspecified atom stereocenters. The first-order chi connectivity index (χ1) is 12.9. The van der Waals surface area contributed by atoms with Crippen molar-refractivity contribution in [1.29, 1.82) is 0 Å². The molecule has 5 nitrogen and oxygen atoms in total. The normalized spacial score (nSPS) is 10.9. The number of halogens is 3. The molecule has 1 amide bonds. The number of hydrogen-bond acceptors (Lipinski definition) is 4. The van der Waals surface area contributed by atoms with E-state index < -0.39 is 12.2 Å². The second-order valence-electron chi connectivity index (χ2n) is 5.28. The molecule has 27 heavy (non-hydrogen) atoms. The predicted octanol–water partition coefficient (Wildman–Crippen LogP) is 4.39. The zero-order valence-corrected chi connectivity index (χ0v) is 14.5. The number of aromatic nitrogens is 3. The molecular weight excluding hydrogens is 377 g/mol. The molecule has 1 N–H and O–H groups in total. The van der Waals surface area contributed by atoms with Crippen LogP contribution < -0.4 is 5.32 Å². The molecule has 0 atom stereocenters. The number of carbonyl (C=O) groups excluding carboxylic acids is 1. The molecule has 2 aromatic heterocycles. The highest BCUT2D eigenvalue weighted by Crippen LogP contribution is 2.19. The van der Waals surface area contributed by atoms with Crippen LogP contribution in [0, 0.1) is 0 Å². The van der Waals surface area contributed by atoms with E-state index in [1.807, 2.05) is 36.5 Å². The predicted molar refractivity (Wildman–Crippen MR) is 96.3 cm³/mol. The number of amides is 1. The third kappa shape index (κ3) is 5.14. The molecule has 0 spiro atoms. The van der Waals surface area contributed by atoms with Crippen LogP contribution in [-0.4, -0.2) is 26.8 Å². The minimum absolute atomic E-state index is 0.0141. The van der Waals surface area contributed by atoms with E-state index in [-0.39, 0.29) is 5.56 Å². The first-order valence-corrected chi connectivity index (χ1v) is 8.59. The summed E-state index contributed by atoms with van der Waals surface area (Å²) >= 11 is 1.54. The van der Waals surface area contributed by atoms with Crippen LogP contribution in [0.1, 0.15) is 10.4 Å². The summed E-state index contributed by atoms with van der Waals surface area (Å²) in [5.41, 5.74) is 3.88. The third-order valence-corrected chi connectivity index (χ3v) is 4.04. The van der Waals surface area contributed by atoms with Gasteiger partial charge in [-0.2, -0.15) is 18.3 Å². The largest absolute Gasteiger partial charge is 0.484 e. The topological polar surface area (TPSA) is 59.3 Å². The second kappa shape index (κ2) is 8.00. The van der Waals surface area contributed by atoms with Gasteiger partial charge in [0.1, 0.15) is 5.51 Å². The van der Waals surface area contributed by atoms with Gasteiger partial charge in [-0.05, 0) is 12.1 Å². The second-order valence-corrected chi connectivity index (χ2v) is 6.09. The van der Waals surface area contributed by atoms with Gasteiger partial charge in [-0.1, -0.05) is 59.9 Å². The van der Waals surface area contributed by atoms with Crippen LogP contribution in [0.3, 0.4) is 0 Å². The Balaban J connectivity index is 0.000000157. The lowest BCUT2D eigenvalue weighted by Gasteiger charge is -2.07. The minimum atomic E-state index is -4.67. The average Bonchev–Trinajstić information content (AvgIpc) is 3.24. The molecule has 0 aliphatic rings. The van der Waals surface area contributed by atoms with Crippen LogP contribution in [0.5, 0.6) is 0 Å². The van der Waals surface area contributed by atoms with E-state index in [2.05, 4.69) is 10.1 Å². The van der Waals surface area contributed by atoms with E-state index >= 15 is 0 Å². The summed E-state index contributed by atoms with van der Waals surface area (Å²) in [6.07, 6.45) is -2.73. The van der Waals surface area contributed by atoms with Crippen molar-refractivity contribution in [2.24, 2.45) is 0 Å². The van der Waals surface area contributed by atoms with Crippen molar-refractivity contribution in [1.82, 2.24) is 19.9 Å². The molecule has 4 rings (SSSR count). The van der Waals surface area contributed by atoms with Gasteiger partial charge in [0, 0.05) is 11.1 Å². The molecule has 138 valence electrons. The van der Waals surface area contributed by atoms with Crippen LogP contribution >= 0.6 is 11.3 Å². The van der Waals surface area contributed by atoms with Gasteiger partial charge in [-0.25, -0.2) is 9.50 Å². The summed E-state index contributed by atoms with van der Waals surface area (Å²) in [7, 11) is 0. The molecule has 9 heteroatoms. The van der Waals surface area contributed by atoms with Gasteiger partial charge in [0.2, 0.25) is 4.96 Å². The fourth-order valence-corrected chi connectivity index (χ4v) is 2.78. The van der Waals surface area contributed by atoms with Crippen molar-refractivity contribution in [2.75, 3.05) is 0 Å². The van der Waals surface area contributed by atoms with E-state index in [1.54, 1.807) is 27.4 Å². The zero-order valence-electron chi connectivity index (χ0n) is 13.7. The van der Waals surface area contributed by atoms with E-state index in [0.29, 0.717) is 0 Å². The molecule has 4 aromatic rings. The summed E-state index contributed by atoms with van der Waals surface area (Å²) in [4.78, 5) is 16.2. The summed E-state index contributed by atoms with van der Waals surface area (Å²) in [5, 5.41) is 5.03.